The smallest absolute Gasteiger partial charge is 0.226 e. The quantitative estimate of drug-likeness (QED) is 0.387. The lowest BCUT2D eigenvalue weighted by molar-refractivity contribution is 0.0927. The number of anilines is 3. The van der Waals surface area contributed by atoms with Crippen LogP contribution in [0.1, 0.15) is 70.4 Å². The van der Waals surface area contributed by atoms with Gasteiger partial charge in [-0.1, -0.05) is 56.5 Å². The Labute approximate surface area is 226 Å². The van der Waals surface area contributed by atoms with Crippen LogP contribution in [-0.2, 0) is 11.3 Å². The largest absolute Gasteiger partial charge is 0.377 e. The number of nitrogens with zero attached hydrogens (tertiary/aromatic N) is 5. The summed E-state index contributed by atoms with van der Waals surface area (Å²) in [4.78, 5) is 17.5. The third-order valence-electron chi connectivity index (χ3n) is 9.17. The van der Waals surface area contributed by atoms with Gasteiger partial charge >= 0.3 is 0 Å². The molecule has 0 radical (unpaired) electrons. The predicted octanol–water partition coefficient (Wildman–Crippen LogP) is 5.87. The van der Waals surface area contributed by atoms with Gasteiger partial charge in [0.05, 0.1) is 19.3 Å². The van der Waals surface area contributed by atoms with Crippen LogP contribution in [0.25, 0.3) is 11.2 Å². The maximum atomic E-state index is 5.99. The molecule has 0 amide bonds. The molecule has 6 rings (SSSR count). The Kier molecular flexibility index (Phi) is 7.41. The average molecular weight is 518 g/mol. The number of morpholine rings is 1. The highest BCUT2D eigenvalue weighted by molar-refractivity contribution is 5.87. The summed E-state index contributed by atoms with van der Waals surface area (Å²) >= 11 is 0. The second-order valence-corrected chi connectivity index (χ2v) is 11.8. The SMILES string of the molecule is CNc1nc(N[C@H](C)C2CCC2)c2c(n1)nc(N1CCOC[C@H]1c1ccccc1)n2CC1CCC(C)CC1. The first kappa shape index (κ1) is 25.4. The second kappa shape index (κ2) is 11.1. The lowest BCUT2D eigenvalue weighted by Gasteiger charge is -2.37. The number of nitrogens with one attached hydrogen (secondary N) is 2. The van der Waals surface area contributed by atoms with Crippen LogP contribution in [0.5, 0.6) is 0 Å². The van der Waals surface area contributed by atoms with Crippen LogP contribution in [0.2, 0.25) is 0 Å². The highest BCUT2D eigenvalue weighted by Crippen LogP contribution is 2.38. The summed E-state index contributed by atoms with van der Waals surface area (Å²) in [5.41, 5.74) is 3.07. The molecular weight excluding hydrogens is 474 g/mol. The normalized spacial score (nSPS) is 25.2. The molecule has 1 saturated heterocycles. The minimum atomic E-state index is 0.119. The van der Waals surface area contributed by atoms with Gasteiger partial charge in [0.25, 0.3) is 0 Å². The van der Waals surface area contributed by atoms with Gasteiger partial charge in [0.2, 0.25) is 11.9 Å². The second-order valence-electron chi connectivity index (χ2n) is 11.8. The molecule has 0 spiro atoms. The molecule has 38 heavy (non-hydrogen) atoms. The van der Waals surface area contributed by atoms with Crippen molar-refractivity contribution >= 4 is 28.9 Å². The fourth-order valence-corrected chi connectivity index (χ4v) is 6.47. The van der Waals surface area contributed by atoms with Gasteiger partial charge in [-0.3, -0.25) is 0 Å². The maximum Gasteiger partial charge on any atom is 0.226 e. The predicted molar refractivity (Wildman–Crippen MR) is 154 cm³/mol. The maximum absolute atomic E-state index is 5.99. The number of rotatable bonds is 8. The fourth-order valence-electron chi connectivity index (χ4n) is 6.47. The molecule has 8 heteroatoms. The van der Waals surface area contributed by atoms with Crippen LogP contribution >= 0.6 is 0 Å². The molecule has 1 aromatic carbocycles. The third kappa shape index (κ3) is 5.07. The Morgan fingerprint density at radius 2 is 1.82 bits per heavy atom. The molecule has 3 aliphatic rings. The lowest BCUT2D eigenvalue weighted by atomic mass is 9.80. The van der Waals surface area contributed by atoms with Crippen molar-refractivity contribution < 1.29 is 4.74 Å². The molecular formula is C30H43N7O. The van der Waals surface area contributed by atoms with E-state index in [0.29, 0.717) is 37.0 Å². The van der Waals surface area contributed by atoms with E-state index >= 15 is 0 Å². The van der Waals surface area contributed by atoms with Crippen LogP contribution < -0.4 is 15.5 Å². The van der Waals surface area contributed by atoms with Crippen molar-refractivity contribution in [1.82, 2.24) is 19.5 Å². The number of aromatic nitrogens is 4. The molecule has 2 N–H and O–H groups in total. The van der Waals surface area contributed by atoms with E-state index in [2.05, 4.69) is 64.3 Å². The van der Waals surface area contributed by atoms with Gasteiger partial charge in [0, 0.05) is 26.2 Å². The van der Waals surface area contributed by atoms with E-state index in [4.69, 9.17) is 19.7 Å². The third-order valence-corrected chi connectivity index (χ3v) is 9.17. The summed E-state index contributed by atoms with van der Waals surface area (Å²) in [5, 5.41) is 6.98. The first-order chi connectivity index (χ1) is 18.6. The molecule has 0 unspecified atom stereocenters. The van der Waals surface area contributed by atoms with Gasteiger partial charge in [0.15, 0.2) is 11.5 Å². The van der Waals surface area contributed by atoms with Gasteiger partial charge in [0.1, 0.15) is 5.52 Å². The van der Waals surface area contributed by atoms with Crippen LogP contribution in [0.15, 0.2) is 30.3 Å². The minimum Gasteiger partial charge on any atom is -0.377 e. The first-order valence-electron chi connectivity index (χ1n) is 14.7. The fraction of sp³-hybridized carbons (Fsp3) is 0.633. The molecule has 204 valence electrons. The standard InChI is InChI=1S/C30H43N7O/c1-20-12-14-22(15-13-20)18-37-26-27(32-21(2)23-10-7-11-23)33-29(31-3)34-28(26)35-30(37)36-16-17-38-19-25(36)24-8-5-4-6-9-24/h4-6,8-9,20-23,25H,7,10-19H2,1-3H3,(H2,31,32,33,34)/t20?,21-,22?,25+/m1/s1. The van der Waals surface area contributed by atoms with E-state index in [0.717, 1.165) is 41.9 Å². The number of benzene rings is 1. The Balaban J connectivity index is 1.45. The highest BCUT2D eigenvalue weighted by atomic mass is 16.5. The number of hydrogen-bond acceptors (Lipinski definition) is 7. The topological polar surface area (TPSA) is 80.1 Å². The van der Waals surface area contributed by atoms with Crippen LogP contribution in [0.4, 0.5) is 17.7 Å². The summed E-state index contributed by atoms with van der Waals surface area (Å²) in [7, 11) is 1.88. The molecule has 8 nitrogen and oxygen atoms in total. The van der Waals surface area contributed by atoms with Crippen molar-refractivity contribution in [3.63, 3.8) is 0 Å². The van der Waals surface area contributed by atoms with Crippen molar-refractivity contribution in [2.24, 2.45) is 17.8 Å². The number of fused-ring (bicyclic) bond motifs is 1. The van der Waals surface area contributed by atoms with Gasteiger partial charge in [-0.25, -0.2) is 0 Å². The van der Waals surface area contributed by atoms with Crippen molar-refractivity contribution in [2.75, 3.05) is 42.3 Å². The molecule has 3 heterocycles. The van der Waals surface area contributed by atoms with Crippen LogP contribution in [0, 0.1) is 17.8 Å². The minimum absolute atomic E-state index is 0.119. The average Bonchev–Trinajstić information content (AvgIpc) is 3.27. The zero-order valence-electron chi connectivity index (χ0n) is 23.2. The zero-order chi connectivity index (χ0) is 26.1. The number of imidazole rings is 1. The van der Waals surface area contributed by atoms with Gasteiger partial charge in [-0.2, -0.15) is 15.0 Å². The monoisotopic (exact) mass is 517 g/mol. The molecule has 2 saturated carbocycles. The van der Waals surface area contributed by atoms with E-state index in [1.54, 1.807) is 0 Å². The molecule has 3 aromatic rings. The van der Waals surface area contributed by atoms with E-state index in [1.807, 2.05) is 7.05 Å². The van der Waals surface area contributed by atoms with E-state index < -0.39 is 0 Å². The Bertz CT molecular complexity index is 1220. The lowest BCUT2D eigenvalue weighted by Crippen LogP contribution is -2.41. The number of hydrogen-bond donors (Lipinski definition) is 2. The van der Waals surface area contributed by atoms with Gasteiger partial charge in [-0.05, 0) is 55.9 Å². The van der Waals surface area contributed by atoms with E-state index in [-0.39, 0.29) is 6.04 Å². The van der Waals surface area contributed by atoms with Crippen molar-refractivity contribution in [1.29, 1.82) is 0 Å². The molecule has 0 bridgehead atoms. The van der Waals surface area contributed by atoms with Crippen molar-refractivity contribution in [3.05, 3.63) is 35.9 Å². The van der Waals surface area contributed by atoms with Gasteiger partial charge < -0.3 is 24.8 Å². The van der Waals surface area contributed by atoms with Crippen molar-refractivity contribution in [3.8, 4) is 0 Å². The first-order valence-corrected chi connectivity index (χ1v) is 14.7. The molecule has 2 aromatic heterocycles. The van der Waals surface area contributed by atoms with Crippen LogP contribution in [0.3, 0.4) is 0 Å². The molecule has 3 fully saturated rings. The highest BCUT2D eigenvalue weighted by Gasteiger charge is 2.32. The summed E-state index contributed by atoms with van der Waals surface area (Å²) in [6.07, 6.45) is 9.06. The summed E-state index contributed by atoms with van der Waals surface area (Å²) in [5.74, 6) is 4.69. The number of ether oxygens (including phenoxy) is 1. The summed E-state index contributed by atoms with van der Waals surface area (Å²) < 4.78 is 8.44. The molecule has 1 aliphatic heterocycles. The molecule has 2 aliphatic carbocycles. The zero-order valence-corrected chi connectivity index (χ0v) is 23.2. The van der Waals surface area contributed by atoms with Gasteiger partial charge in [-0.15, -0.1) is 0 Å². The Morgan fingerprint density at radius 3 is 2.53 bits per heavy atom. The van der Waals surface area contributed by atoms with E-state index in [9.17, 15) is 0 Å². The molecule has 2 atom stereocenters. The van der Waals surface area contributed by atoms with Crippen LogP contribution in [-0.4, -0.2) is 52.4 Å². The van der Waals surface area contributed by atoms with E-state index in [1.165, 1.54) is 50.5 Å². The van der Waals surface area contributed by atoms with Crippen molar-refractivity contribution in [2.45, 2.75) is 77.4 Å². The Hall–Kier alpha value is -2.87. The summed E-state index contributed by atoms with van der Waals surface area (Å²) in [6.45, 7) is 7.80. The Morgan fingerprint density at radius 1 is 1.03 bits per heavy atom. The summed E-state index contributed by atoms with van der Waals surface area (Å²) in [6, 6.07) is 11.2.